The van der Waals surface area contributed by atoms with Crippen molar-refractivity contribution in [3.05, 3.63) is 94.1 Å². The molecule has 1 saturated heterocycles. The number of piperidine rings is 1. The van der Waals surface area contributed by atoms with Gasteiger partial charge >= 0.3 is 0 Å². The lowest BCUT2D eigenvalue weighted by molar-refractivity contribution is -0.138. The largest absolute Gasteiger partial charge is 0.494 e. The smallest absolute Gasteiger partial charge is 0.276 e. The number of nitrogens with zero attached hydrogens (tertiary/aromatic N) is 13. The van der Waals surface area contributed by atoms with Crippen molar-refractivity contribution in [1.29, 1.82) is 0 Å². The van der Waals surface area contributed by atoms with E-state index >= 15 is 0 Å². The van der Waals surface area contributed by atoms with Crippen LogP contribution in [0.25, 0.3) is 22.1 Å². The standard InChI is InChI=1S/C60H81N19O9/c1-8-78-45(29-37(5)71-78)56(83)67-59-65-42-31-40(53(61)81)33-47(86-7)51(42)76(59)20-12-13-21-77-52-43(66-60(77)68-57(84)46-30-38(6)72-79(46)9-2)32-41(54(62)82)34-48(52)87-26-15-19-73-22-17-39(18-23-73)55-70-69-49-35-74(24-25-75(49)55)58(85)44(28-36(3)4)64-50(80)16-11-10-14-27-88-63/h12-13,29-34,36,39,44H,8-11,14-28,35,63H2,1-7H3,(H2,61,81)(H2,62,82)(H,64,80)(H,65,67,83)(H,66,68,84)/b13-12+/t44-/m0/s1. The van der Waals surface area contributed by atoms with Crippen LogP contribution in [0.2, 0.25) is 0 Å². The molecule has 7 heterocycles. The summed E-state index contributed by atoms with van der Waals surface area (Å²) in [4.78, 5) is 98.4. The lowest BCUT2D eigenvalue weighted by Gasteiger charge is -2.34. The van der Waals surface area contributed by atoms with Crippen molar-refractivity contribution in [3.8, 4) is 11.5 Å². The van der Waals surface area contributed by atoms with E-state index in [0.29, 0.717) is 121 Å². The van der Waals surface area contributed by atoms with Gasteiger partial charge in [0.25, 0.3) is 11.8 Å². The van der Waals surface area contributed by atoms with Crippen LogP contribution in [-0.2, 0) is 53.7 Å². The summed E-state index contributed by atoms with van der Waals surface area (Å²) >= 11 is 0. The van der Waals surface area contributed by atoms with Gasteiger partial charge in [-0.15, -0.1) is 10.2 Å². The van der Waals surface area contributed by atoms with Gasteiger partial charge in [-0.05, 0) is 122 Å². The molecule has 2 aromatic carbocycles. The third-order valence-corrected chi connectivity index (χ3v) is 15.9. The number of anilines is 2. The molecule has 9 N–H and O–H groups in total. The Kier molecular flexibility index (Phi) is 20.7. The van der Waals surface area contributed by atoms with Crippen molar-refractivity contribution in [3.63, 3.8) is 0 Å². The molecule has 5 aromatic heterocycles. The quantitative estimate of drug-likeness (QED) is 0.0205. The maximum Gasteiger partial charge on any atom is 0.276 e. The highest BCUT2D eigenvalue weighted by Crippen LogP contribution is 2.34. The average Bonchev–Trinajstić information content (AvgIpc) is 1.97. The molecule has 28 heteroatoms. The van der Waals surface area contributed by atoms with Crippen molar-refractivity contribution in [2.24, 2.45) is 23.3 Å². The van der Waals surface area contributed by atoms with Crippen LogP contribution >= 0.6 is 0 Å². The highest BCUT2D eigenvalue weighted by molar-refractivity contribution is 6.05. The van der Waals surface area contributed by atoms with E-state index < -0.39 is 29.7 Å². The molecule has 88 heavy (non-hydrogen) atoms. The molecule has 2 aliphatic rings. The van der Waals surface area contributed by atoms with Crippen LogP contribution in [0.4, 0.5) is 11.9 Å². The number of aromatic nitrogens is 11. The summed E-state index contributed by atoms with van der Waals surface area (Å²) in [6.45, 7) is 17.1. The predicted octanol–water partition coefficient (Wildman–Crippen LogP) is 4.97. The van der Waals surface area contributed by atoms with Gasteiger partial charge in [-0.3, -0.25) is 48.8 Å². The van der Waals surface area contributed by atoms with E-state index in [-0.39, 0.29) is 66.4 Å². The number of ether oxygens (including phenoxy) is 2. The minimum Gasteiger partial charge on any atom is -0.494 e. The number of carbonyl (C=O) groups excluding carboxylic acids is 6. The number of unbranched alkanes of at least 4 members (excludes halogenated alkanes) is 2. The maximum absolute atomic E-state index is 14.1. The molecule has 7 aromatic rings. The van der Waals surface area contributed by atoms with Crippen molar-refractivity contribution in [2.45, 2.75) is 144 Å². The van der Waals surface area contributed by atoms with E-state index in [1.165, 1.54) is 19.2 Å². The molecule has 0 aliphatic carbocycles. The lowest BCUT2D eigenvalue weighted by Crippen LogP contribution is -2.51. The Bertz CT molecular complexity index is 3710. The van der Waals surface area contributed by atoms with Gasteiger partial charge in [0.05, 0.1) is 49.3 Å². The summed E-state index contributed by atoms with van der Waals surface area (Å²) in [6, 6.07) is 8.96. The van der Waals surface area contributed by atoms with Crippen molar-refractivity contribution < 1.29 is 43.1 Å². The first-order valence-corrected chi connectivity index (χ1v) is 30.1. The van der Waals surface area contributed by atoms with E-state index in [1.807, 2.05) is 39.8 Å². The van der Waals surface area contributed by atoms with Crippen LogP contribution in [0, 0.1) is 19.8 Å². The number of hydrogen-bond acceptors (Lipinski definition) is 17. The number of nitrogens with one attached hydrogen (secondary N) is 3. The van der Waals surface area contributed by atoms with E-state index in [4.69, 9.17) is 36.8 Å². The van der Waals surface area contributed by atoms with Gasteiger partial charge in [0, 0.05) is 69.3 Å². The Hall–Kier alpha value is -9.02. The Balaban J connectivity index is 0.893. The summed E-state index contributed by atoms with van der Waals surface area (Å²) in [6.07, 6.45) is 9.20. The zero-order valence-corrected chi connectivity index (χ0v) is 51.2. The number of imidazole rings is 2. The Morgan fingerprint density at radius 2 is 1.30 bits per heavy atom. The fourth-order valence-corrected chi connectivity index (χ4v) is 11.6. The van der Waals surface area contributed by atoms with Crippen LogP contribution in [0.3, 0.4) is 0 Å². The van der Waals surface area contributed by atoms with E-state index in [0.717, 1.165) is 57.0 Å². The summed E-state index contributed by atoms with van der Waals surface area (Å²) in [5.74, 6) is 5.63. The number of rotatable bonds is 29. The first-order valence-electron chi connectivity index (χ1n) is 30.1. The average molecular weight is 1210 g/mol. The summed E-state index contributed by atoms with van der Waals surface area (Å²) in [7, 11) is 1.46. The number of amides is 6. The van der Waals surface area contributed by atoms with Crippen molar-refractivity contribution in [2.75, 3.05) is 57.1 Å². The number of carbonyl (C=O) groups is 6. The first-order chi connectivity index (χ1) is 42.4. The topological polar surface area (TPSA) is 353 Å². The van der Waals surface area contributed by atoms with Crippen molar-refractivity contribution in [1.82, 2.24) is 68.5 Å². The number of methoxy groups -OCH3 is 1. The monoisotopic (exact) mass is 1210 g/mol. The molecule has 0 bridgehead atoms. The molecule has 470 valence electrons. The summed E-state index contributed by atoms with van der Waals surface area (Å²) < 4.78 is 21.2. The lowest BCUT2D eigenvalue weighted by atomic mass is 9.95. The number of aryl methyl sites for hydroxylation is 4. The van der Waals surface area contributed by atoms with Gasteiger partial charge in [0.1, 0.15) is 45.8 Å². The molecule has 1 fully saturated rings. The van der Waals surface area contributed by atoms with Gasteiger partial charge in [-0.25, -0.2) is 15.9 Å². The normalized spacial score (nSPS) is 14.3. The number of allylic oxidation sites excluding steroid dienone is 2. The number of primary amides is 2. The SMILES string of the molecule is CCn1nc(C)cc1C(=O)Nc1nc2cc(C(N)=O)cc(OC)c2n1C/C=C/Cn1c(NC(=O)c2cc(C)nn2CC)nc2cc(C(N)=O)cc(OCCCN3CCC(c4nnc5n4CCN(C(=O)[C@H](CC(C)C)NC(=O)CCCCCON)C5)CC3)c21. The Morgan fingerprint density at radius 3 is 1.84 bits per heavy atom. The molecule has 0 radical (unpaired) electrons. The predicted molar refractivity (Wildman–Crippen MR) is 327 cm³/mol. The molecular formula is C60H81N19O9. The number of benzene rings is 2. The van der Waals surface area contributed by atoms with E-state index in [2.05, 4.69) is 50.6 Å². The number of likely N-dealkylation sites (tertiary alicyclic amines) is 1. The van der Waals surface area contributed by atoms with Gasteiger partial charge in [-0.2, -0.15) is 10.2 Å². The van der Waals surface area contributed by atoms with Crippen molar-refractivity contribution >= 4 is 69.4 Å². The van der Waals surface area contributed by atoms with Crippen LogP contribution < -0.4 is 42.8 Å². The number of hydrogen-bond donors (Lipinski definition) is 6. The molecule has 6 amide bonds. The zero-order valence-electron chi connectivity index (χ0n) is 51.2. The van der Waals surface area contributed by atoms with Crippen LogP contribution in [0.1, 0.15) is 150 Å². The van der Waals surface area contributed by atoms with Gasteiger partial charge in [0.2, 0.25) is 35.5 Å². The third kappa shape index (κ3) is 14.7. The maximum atomic E-state index is 14.1. The molecule has 0 saturated carbocycles. The highest BCUT2D eigenvalue weighted by atomic mass is 16.6. The second kappa shape index (κ2) is 28.7. The minimum absolute atomic E-state index is 0.106. The molecule has 28 nitrogen and oxygen atoms in total. The van der Waals surface area contributed by atoms with E-state index in [1.54, 1.807) is 61.5 Å². The number of fused-ring (bicyclic) bond motifs is 3. The Morgan fingerprint density at radius 1 is 0.716 bits per heavy atom. The van der Waals surface area contributed by atoms with Crippen LogP contribution in [-0.4, -0.2) is 151 Å². The zero-order chi connectivity index (χ0) is 62.8. The molecule has 2 aliphatic heterocycles. The molecule has 0 unspecified atom stereocenters. The Labute approximate surface area is 509 Å². The minimum atomic E-state index is -0.687. The number of nitrogens with two attached hydrogens (primary N) is 3. The highest BCUT2D eigenvalue weighted by Gasteiger charge is 2.34. The van der Waals surface area contributed by atoms with E-state index in [9.17, 15) is 28.8 Å². The molecular weight excluding hydrogens is 1130 g/mol. The fourth-order valence-electron chi connectivity index (χ4n) is 11.6. The second-order valence-corrected chi connectivity index (χ2v) is 22.7. The first kappa shape index (κ1) is 63.5. The second-order valence-electron chi connectivity index (χ2n) is 22.7. The van der Waals surface area contributed by atoms with Gasteiger partial charge < -0.3 is 54.6 Å². The summed E-state index contributed by atoms with van der Waals surface area (Å²) in [5.41, 5.74) is 15.6. The fraction of sp³-hybridized carbons (Fsp3) is 0.500. The molecule has 1 atom stereocenters. The van der Waals surface area contributed by atoms with Crippen LogP contribution in [0.5, 0.6) is 11.5 Å². The van der Waals surface area contributed by atoms with Gasteiger partial charge in [0.15, 0.2) is 5.82 Å². The third-order valence-electron chi connectivity index (χ3n) is 15.9. The van der Waals surface area contributed by atoms with Gasteiger partial charge in [-0.1, -0.05) is 32.4 Å². The van der Waals surface area contributed by atoms with Crippen LogP contribution in [0.15, 0.2) is 48.6 Å². The summed E-state index contributed by atoms with van der Waals surface area (Å²) in [5, 5.41) is 27.1. The molecule has 0 spiro atoms. The molecule has 9 rings (SSSR count).